The van der Waals surface area contributed by atoms with Crippen LogP contribution in [-0.4, -0.2) is 22.3 Å². The fourth-order valence-electron chi connectivity index (χ4n) is 1.86. The van der Waals surface area contributed by atoms with Crippen molar-refractivity contribution in [1.82, 2.24) is 0 Å². The number of phenolic OH excluding ortho intramolecular Hbond substituents is 1. The molecule has 16 heavy (non-hydrogen) atoms. The number of ether oxygens (including phenoxy) is 1. The first-order valence-corrected chi connectivity index (χ1v) is 5.28. The molecule has 0 amide bonds. The second-order valence-electron chi connectivity index (χ2n) is 3.89. The summed E-state index contributed by atoms with van der Waals surface area (Å²) in [6, 6.07) is 1.65. The molecule has 2 rings (SSSR count). The van der Waals surface area contributed by atoms with E-state index < -0.39 is 5.97 Å². The molecule has 0 spiro atoms. The predicted octanol–water partition coefficient (Wildman–Crippen LogP) is 2.00. The van der Waals surface area contributed by atoms with E-state index in [0.29, 0.717) is 17.7 Å². The average Bonchev–Trinajstić information content (AvgIpc) is 2.54. The van der Waals surface area contributed by atoms with Crippen LogP contribution in [0.5, 0.6) is 11.5 Å². The van der Waals surface area contributed by atoms with Crippen molar-refractivity contribution in [2.24, 2.45) is 0 Å². The van der Waals surface area contributed by atoms with Crippen LogP contribution in [0.2, 0.25) is 5.02 Å². The maximum atomic E-state index is 10.6. The first-order chi connectivity index (χ1) is 7.49. The van der Waals surface area contributed by atoms with E-state index in [1.54, 1.807) is 6.07 Å². The second kappa shape index (κ2) is 3.87. The molecular weight excluding hydrogens is 232 g/mol. The van der Waals surface area contributed by atoms with Gasteiger partial charge in [0.25, 0.3) is 0 Å². The summed E-state index contributed by atoms with van der Waals surface area (Å²) >= 11 is 5.92. The largest absolute Gasteiger partial charge is 0.506 e. The third-order valence-electron chi connectivity index (χ3n) is 2.52. The molecule has 5 heteroatoms. The lowest BCUT2D eigenvalue weighted by Crippen LogP contribution is -2.05. The van der Waals surface area contributed by atoms with Gasteiger partial charge in [-0.15, -0.1) is 0 Å². The number of aromatic hydroxyl groups is 1. The van der Waals surface area contributed by atoms with Crippen molar-refractivity contribution in [2.45, 2.75) is 25.9 Å². The lowest BCUT2D eigenvalue weighted by molar-refractivity contribution is -0.136. The summed E-state index contributed by atoms with van der Waals surface area (Å²) in [5.41, 5.74) is 1.18. The number of carbonyl (C=O) groups is 1. The van der Waals surface area contributed by atoms with E-state index in [1.165, 1.54) is 0 Å². The van der Waals surface area contributed by atoms with Crippen LogP contribution in [-0.2, 0) is 17.6 Å². The summed E-state index contributed by atoms with van der Waals surface area (Å²) in [4.78, 5) is 10.6. The summed E-state index contributed by atoms with van der Waals surface area (Å²) in [5.74, 6) is -0.726. The molecule has 1 aliphatic heterocycles. The highest BCUT2D eigenvalue weighted by Crippen LogP contribution is 2.43. The quantitative estimate of drug-likeness (QED) is 0.832. The Labute approximate surface area is 97.4 Å². The fourth-order valence-corrected chi connectivity index (χ4v) is 2.15. The number of benzene rings is 1. The summed E-state index contributed by atoms with van der Waals surface area (Å²) in [7, 11) is 0. The fraction of sp³-hybridized carbons (Fsp3) is 0.364. The van der Waals surface area contributed by atoms with Crippen LogP contribution in [0.3, 0.4) is 0 Å². The molecule has 1 atom stereocenters. The van der Waals surface area contributed by atoms with Crippen molar-refractivity contribution in [3.63, 3.8) is 0 Å². The molecule has 86 valence electrons. The van der Waals surface area contributed by atoms with Gasteiger partial charge in [-0.1, -0.05) is 11.6 Å². The number of halogens is 1. The highest BCUT2D eigenvalue weighted by atomic mass is 35.5. The number of fused-ring (bicyclic) bond motifs is 1. The van der Waals surface area contributed by atoms with Gasteiger partial charge in [-0.25, -0.2) is 0 Å². The van der Waals surface area contributed by atoms with Crippen molar-refractivity contribution in [3.8, 4) is 11.5 Å². The van der Waals surface area contributed by atoms with E-state index in [1.807, 2.05) is 6.92 Å². The predicted molar refractivity (Wildman–Crippen MR) is 58.3 cm³/mol. The summed E-state index contributed by atoms with van der Waals surface area (Å²) in [6.07, 6.45) is 0.446. The third kappa shape index (κ3) is 1.80. The molecule has 1 unspecified atom stereocenters. The standard InChI is InChI=1S/C11H11ClO4/c1-5-2-7-3-6(4-8(13)14)10(15)9(12)11(7)16-5/h3,5,15H,2,4H2,1H3,(H,13,14). The van der Waals surface area contributed by atoms with Gasteiger partial charge < -0.3 is 14.9 Å². The van der Waals surface area contributed by atoms with Gasteiger partial charge in [-0.2, -0.15) is 0 Å². The third-order valence-corrected chi connectivity index (χ3v) is 2.87. The van der Waals surface area contributed by atoms with Crippen LogP contribution >= 0.6 is 11.6 Å². The van der Waals surface area contributed by atoms with Gasteiger partial charge in [-0.3, -0.25) is 4.79 Å². The molecule has 4 nitrogen and oxygen atoms in total. The average molecular weight is 243 g/mol. The Hall–Kier alpha value is -1.42. The zero-order valence-electron chi connectivity index (χ0n) is 8.66. The van der Waals surface area contributed by atoms with E-state index >= 15 is 0 Å². The molecule has 0 saturated heterocycles. The molecule has 0 radical (unpaired) electrons. The van der Waals surface area contributed by atoms with E-state index in [9.17, 15) is 9.90 Å². The normalized spacial score (nSPS) is 18.0. The second-order valence-corrected chi connectivity index (χ2v) is 4.27. The topological polar surface area (TPSA) is 66.8 Å². The number of hydrogen-bond acceptors (Lipinski definition) is 3. The number of aliphatic carboxylic acids is 1. The lowest BCUT2D eigenvalue weighted by Gasteiger charge is -2.09. The van der Waals surface area contributed by atoms with Crippen LogP contribution in [0.4, 0.5) is 0 Å². The van der Waals surface area contributed by atoms with Gasteiger partial charge in [0.15, 0.2) is 0 Å². The molecule has 0 bridgehead atoms. The maximum absolute atomic E-state index is 10.6. The van der Waals surface area contributed by atoms with Crippen LogP contribution in [0.25, 0.3) is 0 Å². The first-order valence-electron chi connectivity index (χ1n) is 4.90. The molecule has 1 heterocycles. The SMILES string of the molecule is CC1Cc2cc(CC(=O)O)c(O)c(Cl)c2O1. The van der Waals surface area contributed by atoms with Crippen molar-refractivity contribution >= 4 is 17.6 Å². The van der Waals surface area contributed by atoms with Crippen molar-refractivity contribution < 1.29 is 19.7 Å². The van der Waals surface area contributed by atoms with E-state index in [-0.39, 0.29) is 23.3 Å². The minimum atomic E-state index is -1.00. The van der Waals surface area contributed by atoms with E-state index in [4.69, 9.17) is 21.4 Å². The van der Waals surface area contributed by atoms with Gasteiger partial charge in [0, 0.05) is 12.0 Å². The van der Waals surface area contributed by atoms with Crippen LogP contribution < -0.4 is 4.74 Å². The maximum Gasteiger partial charge on any atom is 0.307 e. The Morgan fingerprint density at radius 1 is 1.69 bits per heavy atom. The summed E-state index contributed by atoms with van der Waals surface area (Å²) in [6.45, 7) is 1.89. The van der Waals surface area contributed by atoms with Crippen LogP contribution in [0.1, 0.15) is 18.1 Å². The van der Waals surface area contributed by atoms with E-state index in [0.717, 1.165) is 5.56 Å². The highest BCUT2D eigenvalue weighted by molar-refractivity contribution is 6.33. The van der Waals surface area contributed by atoms with Crippen molar-refractivity contribution in [2.75, 3.05) is 0 Å². The van der Waals surface area contributed by atoms with Gasteiger partial charge in [0.1, 0.15) is 22.6 Å². The number of carboxylic acids is 1. The monoisotopic (exact) mass is 242 g/mol. The van der Waals surface area contributed by atoms with Gasteiger partial charge >= 0.3 is 5.97 Å². The van der Waals surface area contributed by atoms with E-state index in [2.05, 4.69) is 0 Å². The van der Waals surface area contributed by atoms with Gasteiger partial charge in [0.05, 0.1) is 6.42 Å². The highest BCUT2D eigenvalue weighted by Gasteiger charge is 2.26. The number of carboxylic acid groups (broad SMARTS) is 1. The zero-order valence-corrected chi connectivity index (χ0v) is 9.41. The molecule has 1 aliphatic rings. The molecule has 1 aromatic carbocycles. The van der Waals surface area contributed by atoms with Crippen LogP contribution in [0.15, 0.2) is 6.07 Å². The molecule has 2 N–H and O–H groups in total. The molecule has 0 aliphatic carbocycles. The first kappa shape index (κ1) is 11.1. The molecular formula is C11H11ClO4. The zero-order chi connectivity index (χ0) is 11.9. The summed E-state index contributed by atoms with van der Waals surface area (Å²) in [5, 5.41) is 18.5. The molecule has 0 aromatic heterocycles. The Bertz CT molecular complexity index is 456. The smallest absolute Gasteiger partial charge is 0.307 e. The van der Waals surface area contributed by atoms with Crippen molar-refractivity contribution in [3.05, 3.63) is 22.2 Å². The Balaban J connectivity index is 2.47. The lowest BCUT2D eigenvalue weighted by atomic mass is 10.0. The minimum absolute atomic E-state index is 0.00646. The minimum Gasteiger partial charge on any atom is -0.506 e. The molecule has 1 aromatic rings. The van der Waals surface area contributed by atoms with Gasteiger partial charge in [-0.05, 0) is 18.6 Å². The molecule has 0 saturated carbocycles. The Morgan fingerprint density at radius 3 is 3.00 bits per heavy atom. The number of phenols is 1. The number of hydrogen-bond donors (Lipinski definition) is 2. The Kier molecular flexibility index (Phi) is 2.68. The van der Waals surface area contributed by atoms with Gasteiger partial charge in [0.2, 0.25) is 0 Å². The van der Waals surface area contributed by atoms with Crippen molar-refractivity contribution in [1.29, 1.82) is 0 Å². The number of rotatable bonds is 2. The molecule has 0 fully saturated rings. The Morgan fingerprint density at radius 2 is 2.38 bits per heavy atom. The summed E-state index contributed by atoms with van der Waals surface area (Å²) < 4.78 is 5.44. The van der Waals surface area contributed by atoms with Crippen LogP contribution in [0, 0.1) is 0 Å².